The Balaban J connectivity index is 1.74. The van der Waals surface area contributed by atoms with E-state index >= 15 is 0 Å². The number of thiophene rings is 1. The zero-order valence-corrected chi connectivity index (χ0v) is 18.3. The van der Waals surface area contributed by atoms with Crippen LogP contribution in [-0.2, 0) is 27.2 Å². The molecule has 1 aromatic heterocycles. The molecule has 1 atom stereocenters. The summed E-state index contributed by atoms with van der Waals surface area (Å²) in [6.07, 6.45) is 4.95. The predicted octanol–water partition coefficient (Wildman–Crippen LogP) is 2.59. The van der Waals surface area contributed by atoms with Gasteiger partial charge in [-0.25, -0.2) is 0 Å². The molecular formula is C21H31N3O4S. The molecule has 0 aromatic carbocycles. The number of fused-ring (bicyclic) bond motifs is 1. The normalized spacial score (nSPS) is 18.8. The Labute approximate surface area is 176 Å². The maximum Gasteiger partial charge on any atom is 0.254 e. The van der Waals surface area contributed by atoms with Gasteiger partial charge in [0.05, 0.1) is 11.5 Å². The topological polar surface area (TPSA) is 87.7 Å². The van der Waals surface area contributed by atoms with Gasteiger partial charge in [0.2, 0.25) is 11.8 Å². The Hall–Kier alpha value is -1.93. The van der Waals surface area contributed by atoms with Gasteiger partial charge in [-0.3, -0.25) is 14.4 Å². The van der Waals surface area contributed by atoms with Gasteiger partial charge >= 0.3 is 0 Å². The second kappa shape index (κ2) is 9.71. The molecule has 160 valence electrons. The maximum atomic E-state index is 12.9. The molecule has 2 aliphatic rings. The Bertz CT molecular complexity index is 774. The van der Waals surface area contributed by atoms with Crippen molar-refractivity contribution in [3.05, 3.63) is 16.0 Å². The molecule has 0 spiro atoms. The second-order valence-corrected chi connectivity index (χ2v) is 9.15. The van der Waals surface area contributed by atoms with Crippen LogP contribution in [0.15, 0.2) is 0 Å². The van der Waals surface area contributed by atoms with E-state index in [-0.39, 0.29) is 36.1 Å². The van der Waals surface area contributed by atoms with Gasteiger partial charge in [-0.2, -0.15) is 0 Å². The summed E-state index contributed by atoms with van der Waals surface area (Å²) < 4.78 is 5.03. The van der Waals surface area contributed by atoms with E-state index in [1.165, 1.54) is 16.2 Å². The molecule has 7 nitrogen and oxygen atoms in total. The first-order chi connectivity index (χ1) is 13.9. The molecule has 0 radical (unpaired) electrons. The molecule has 3 rings (SSSR count). The third-order valence-electron chi connectivity index (χ3n) is 5.60. The first-order valence-corrected chi connectivity index (χ1v) is 11.3. The highest BCUT2D eigenvalue weighted by molar-refractivity contribution is 7.17. The van der Waals surface area contributed by atoms with Crippen LogP contribution in [0.2, 0.25) is 0 Å². The number of ether oxygens (including phenoxy) is 1. The standard InChI is InChI=1S/C21H31N3O4S/c1-13(2)24-12-14(11-17(24)25)19(26)23-21-18(20(27)22-9-6-10-28-3)15-7-4-5-8-16(15)29-21/h13-14H,4-12H2,1-3H3,(H,22,27)(H,23,26). The van der Waals surface area contributed by atoms with Crippen LogP contribution in [0.4, 0.5) is 5.00 Å². The molecule has 1 saturated heterocycles. The van der Waals surface area contributed by atoms with Crippen molar-refractivity contribution in [3.8, 4) is 0 Å². The highest BCUT2D eigenvalue weighted by Gasteiger charge is 2.36. The summed E-state index contributed by atoms with van der Waals surface area (Å²) in [7, 11) is 1.64. The predicted molar refractivity (Wildman–Crippen MR) is 113 cm³/mol. The van der Waals surface area contributed by atoms with E-state index in [0.717, 1.165) is 37.7 Å². The Morgan fingerprint density at radius 1 is 1.28 bits per heavy atom. The fraction of sp³-hybridized carbons (Fsp3) is 0.667. The molecule has 3 amide bonds. The van der Waals surface area contributed by atoms with Crippen molar-refractivity contribution >= 4 is 34.1 Å². The number of methoxy groups -OCH3 is 1. The summed E-state index contributed by atoms with van der Waals surface area (Å²) in [5, 5.41) is 6.57. The average molecular weight is 422 g/mol. The molecule has 8 heteroatoms. The largest absolute Gasteiger partial charge is 0.385 e. The van der Waals surface area contributed by atoms with E-state index in [4.69, 9.17) is 4.74 Å². The Morgan fingerprint density at radius 2 is 2.03 bits per heavy atom. The van der Waals surface area contributed by atoms with Crippen molar-refractivity contribution in [2.75, 3.05) is 32.1 Å². The van der Waals surface area contributed by atoms with Crippen LogP contribution in [0.25, 0.3) is 0 Å². The molecule has 2 N–H and O–H groups in total. The minimum absolute atomic E-state index is 0.0155. The summed E-state index contributed by atoms with van der Waals surface area (Å²) in [5.41, 5.74) is 1.69. The number of aryl methyl sites for hydroxylation is 1. The number of likely N-dealkylation sites (tertiary alicyclic amines) is 1. The SMILES string of the molecule is COCCCNC(=O)c1c(NC(=O)C2CC(=O)N(C(C)C)C2)sc2c1CCCC2. The molecule has 1 aromatic rings. The van der Waals surface area contributed by atoms with Crippen LogP contribution in [-0.4, -0.2) is 55.5 Å². The Kier molecular flexibility index (Phi) is 7.29. The van der Waals surface area contributed by atoms with Crippen LogP contribution in [0.5, 0.6) is 0 Å². The smallest absolute Gasteiger partial charge is 0.254 e. The summed E-state index contributed by atoms with van der Waals surface area (Å²) >= 11 is 1.51. The molecular weight excluding hydrogens is 390 g/mol. The number of carbonyl (C=O) groups excluding carboxylic acids is 3. The zero-order chi connectivity index (χ0) is 21.0. The van der Waals surface area contributed by atoms with Crippen LogP contribution in [0, 0.1) is 5.92 Å². The fourth-order valence-electron chi connectivity index (χ4n) is 4.02. The molecule has 1 fully saturated rings. The average Bonchev–Trinajstić information content (AvgIpc) is 3.25. The summed E-state index contributed by atoms with van der Waals surface area (Å²) in [6.45, 7) is 5.47. The van der Waals surface area contributed by atoms with E-state index in [9.17, 15) is 14.4 Å². The number of nitrogens with zero attached hydrogens (tertiary/aromatic N) is 1. The summed E-state index contributed by atoms with van der Waals surface area (Å²) in [5.74, 6) is -0.668. The molecule has 2 heterocycles. The van der Waals surface area contributed by atoms with Crippen LogP contribution in [0.3, 0.4) is 0 Å². The summed E-state index contributed by atoms with van der Waals surface area (Å²) in [4.78, 5) is 40.9. The first kappa shape index (κ1) is 21.8. The van der Waals surface area contributed by atoms with E-state index in [0.29, 0.717) is 30.3 Å². The zero-order valence-electron chi connectivity index (χ0n) is 17.5. The third-order valence-corrected chi connectivity index (χ3v) is 6.81. The maximum absolute atomic E-state index is 12.9. The van der Waals surface area contributed by atoms with Crippen molar-refractivity contribution in [2.45, 2.75) is 58.4 Å². The van der Waals surface area contributed by atoms with E-state index in [1.54, 1.807) is 12.0 Å². The number of hydrogen-bond acceptors (Lipinski definition) is 5. The van der Waals surface area contributed by atoms with Crippen molar-refractivity contribution in [3.63, 3.8) is 0 Å². The van der Waals surface area contributed by atoms with Gasteiger partial charge in [0.15, 0.2) is 0 Å². The number of carbonyl (C=O) groups is 3. The minimum Gasteiger partial charge on any atom is -0.385 e. The molecule has 1 aliphatic heterocycles. The highest BCUT2D eigenvalue weighted by atomic mass is 32.1. The van der Waals surface area contributed by atoms with Gasteiger partial charge in [0.1, 0.15) is 5.00 Å². The monoisotopic (exact) mass is 421 g/mol. The lowest BCUT2D eigenvalue weighted by atomic mass is 9.95. The molecule has 29 heavy (non-hydrogen) atoms. The highest BCUT2D eigenvalue weighted by Crippen LogP contribution is 2.38. The Morgan fingerprint density at radius 3 is 2.72 bits per heavy atom. The van der Waals surface area contributed by atoms with Gasteiger partial charge in [-0.15, -0.1) is 11.3 Å². The van der Waals surface area contributed by atoms with E-state index < -0.39 is 0 Å². The van der Waals surface area contributed by atoms with Crippen molar-refractivity contribution in [1.29, 1.82) is 0 Å². The van der Waals surface area contributed by atoms with Gasteiger partial charge in [-0.05, 0) is 51.5 Å². The lowest BCUT2D eigenvalue weighted by Crippen LogP contribution is -2.33. The van der Waals surface area contributed by atoms with Gasteiger partial charge in [0, 0.05) is 44.1 Å². The first-order valence-electron chi connectivity index (χ1n) is 10.4. The van der Waals surface area contributed by atoms with Gasteiger partial charge < -0.3 is 20.3 Å². The van der Waals surface area contributed by atoms with Crippen molar-refractivity contribution < 1.29 is 19.1 Å². The number of rotatable bonds is 8. The lowest BCUT2D eigenvalue weighted by molar-refractivity contribution is -0.129. The summed E-state index contributed by atoms with van der Waals surface area (Å²) in [6, 6.07) is 0.0859. The second-order valence-electron chi connectivity index (χ2n) is 8.05. The number of anilines is 1. The van der Waals surface area contributed by atoms with E-state index in [1.807, 2.05) is 13.8 Å². The van der Waals surface area contributed by atoms with Crippen LogP contribution < -0.4 is 10.6 Å². The van der Waals surface area contributed by atoms with E-state index in [2.05, 4.69) is 10.6 Å². The van der Waals surface area contributed by atoms with Crippen molar-refractivity contribution in [1.82, 2.24) is 10.2 Å². The van der Waals surface area contributed by atoms with Gasteiger partial charge in [0.25, 0.3) is 5.91 Å². The minimum atomic E-state index is -0.373. The quantitative estimate of drug-likeness (QED) is 0.632. The van der Waals surface area contributed by atoms with Crippen LogP contribution in [0.1, 0.15) is 60.3 Å². The molecule has 1 unspecified atom stereocenters. The molecule has 0 bridgehead atoms. The number of hydrogen-bond donors (Lipinski definition) is 2. The number of nitrogens with one attached hydrogen (secondary N) is 2. The third kappa shape index (κ3) is 4.98. The van der Waals surface area contributed by atoms with Gasteiger partial charge in [-0.1, -0.05) is 0 Å². The molecule has 1 aliphatic carbocycles. The van der Waals surface area contributed by atoms with Crippen molar-refractivity contribution in [2.24, 2.45) is 5.92 Å². The van der Waals surface area contributed by atoms with Crippen LogP contribution >= 0.6 is 11.3 Å². The number of amides is 3. The lowest BCUT2D eigenvalue weighted by Gasteiger charge is -2.20. The fourth-order valence-corrected chi connectivity index (χ4v) is 5.31. The molecule has 0 saturated carbocycles.